The summed E-state index contributed by atoms with van der Waals surface area (Å²) in [6.07, 6.45) is -3.38. The van der Waals surface area contributed by atoms with E-state index in [1.54, 1.807) is 6.92 Å². The zero-order valence-electron chi connectivity index (χ0n) is 24.0. The van der Waals surface area contributed by atoms with Crippen LogP contribution in [0.1, 0.15) is 80.8 Å². The van der Waals surface area contributed by atoms with Crippen LogP contribution in [0.5, 0.6) is 11.5 Å². The molecule has 11 nitrogen and oxygen atoms in total. The van der Waals surface area contributed by atoms with Crippen LogP contribution in [0.4, 0.5) is 0 Å². The highest BCUT2D eigenvalue weighted by Gasteiger charge is 2.47. The van der Waals surface area contributed by atoms with Gasteiger partial charge < -0.3 is 45.4 Å². The normalized spacial score (nSPS) is 22.8. The van der Waals surface area contributed by atoms with Gasteiger partial charge in [0, 0.05) is 31.4 Å². The van der Waals surface area contributed by atoms with E-state index in [9.17, 15) is 40.2 Å². The summed E-state index contributed by atoms with van der Waals surface area (Å²) in [6.45, 7) is 10.8. The number of aliphatic hydroxyl groups excluding tert-OH is 3. The largest absolute Gasteiger partial charge is 0.508 e. The minimum atomic E-state index is -1.31. The second-order valence-electron chi connectivity index (χ2n) is 11.4. The van der Waals surface area contributed by atoms with Crippen molar-refractivity contribution in [3.63, 3.8) is 0 Å². The third kappa shape index (κ3) is 8.40. The predicted octanol–water partition coefficient (Wildman–Crippen LogP) is 2.53. The van der Waals surface area contributed by atoms with E-state index in [0.717, 1.165) is 11.6 Å². The van der Waals surface area contributed by atoms with Crippen molar-refractivity contribution in [2.45, 2.75) is 109 Å². The molecule has 6 atom stereocenters. The summed E-state index contributed by atoms with van der Waals surface area (Å²) in [5.74, 6) is -2.66. The predicted molar refractivity (Wildman–Crippen MR) is 147 cm³/mol. The third-order valence-electron chi connectivity index (χ3n) is 7.84. The van der Waals surface area contributed by atoms with Gasteiger partial charge in [0.25, 0.3) is 5.91 Å². The van der Waals surface area contributed by atoms with E-state index in [4.69, 9.17) is 9.47 Å². The van der Waals surface area contributed by atoms with Crippen LogP contribution in [-0.2, 0) is 20.7 Å². The molecule has 0 spiro atoms. The lowest BCUT2D eigenvalue weighted by Crippen LogP contribution is -2.58. The molecule has 1 aromatic rings. The minimum absolute atomic E-state index is 0.155. The van der Waals surface area contributed by atoms with Crippen molar-refractivity contribution < 1.29 is 49.7 Å². The van der Waals surface area contributed by atoms with Crippen molar-refractivity contribution in [1.29, 1.82) is 0 Å². The summed E-state index contributed by atoms with van der Waals surface area (Å²) >= 11 is 0. The molecule has 40 heavy (non-hydrogen) atoms. The maximum absolute atomic E-state index is 12.5. The number of amides is 1. The first kappa shape index (κ1) is 33.5. The Morgan fingerprint density at radius 2 is 1.88 bits per heavy atom. The summed E-state index contributed by atoms with van der Waals surface area (Å²) in [4.78, 5) is 24.2. The van der Waals surface area contributed by atoms with Crippen molar-refractivity contribution in [3.8, 4) is 11.5 Å². The van der Waals surface area contributed by atoms with Crippen LogP contribution < -0.4 is 5.32 Å². The number of aromatic carboxylic acids is 1. The molecule has 0 saturated carbocycles. The molecule has 1 aliphatic rings. The number of carbonyl (C=O) groups excluding carboxylic acids is 1. The van der Waals surface area contributed by atoms with E-state index in [1.807, 2.05) is 20.8 Å². The summed E-state index contributed by atoms with van der Waals surface area (Å²) < 4.78 is 11.7. The van der Waals surface area contributed by atoms with Crippen molar-refractivity contribution in [3.05, 3.63) is 34.9 Å². The monoisotopic (exact) mass is 567 g/mol. The quantitative estimate of drug-likeness (QED) is 0.130. The zero-order chi connectivity index (χ0) is 30.4. The van der Waals surface area contributed by atoms with Gasteiger partial charge in [-0.25, -0.2) is 4.79 Å². The molecule has 1 aliphatic heterocycles. The average molecular weight is 568 g/mol. The van der Waals surface area contributed by atoms with E-state index in [0.29, 0.717) is 24.0 Å². The topological polar surface area (TPSA) is 186 Å². The Bertz CT molecular complexity index is 1060. The molecule has 1 amide bonds. The minimum Gasteiger partial charge on any atom is -0.508 e. The number of aromatic hydroxyl groups is 2. The summed E-state index contributed by atoms with van der Waals surface area (Å²) in [5, 5.41) is 64.1. The number of carboxylic acid groups (broad SMARTS) is 1. The number of phenols is 2. The van der Waals surface area contributed by atoms with E-state index in [2.05, 4.69) is 11.9 Å². The highest BCUT2D eigenvalue weighted by atomic mass is 16.6. The van der Waals surface area contributed by atoms with Gasteiger partial charge in [-0.3, -0.25) is 4.79 Å². The van der Waals surface area contributed by atoms with E-state index >= 15 is 0 Å². The Morgan fingerprint density at radius 1 is 1.23 bits per heavy atom. The summed E-state index contributed by atoms with van der Waals surface area (Å²) in [5.41, 5.74) is 0.487. The van der Waals surface area contributed by atoms with Crippen molar-refractivity contribution in [2.75, 3.05) is 7.11 Å². The van der Waals surface area contributed by atoms with Crippen LogP contribution in [-0.4, -0.2) is 86.4 Å². The number of carboxylic acids is 1. The second-order valence-corrected chi connectivity index (χ2v) is 11.4. The van der Waals surface area contributed by atoms with Gasteiger partial charge >= 0.3 is 5.97 Å². The van der Waals surface area contributed by atoms with Crippen LogP contribution in [0.25, 0.3) is 0 Å². The lowest BCUT2D eigenvalue weighted by Gasteiger charge is -2.47. The van der Waals surface area contributed by atoms with Crippen molar-refractivity contribution in [1.82, 2.24) is 5.32 Å². The van der Waals surface area contributed by atoms with Gasteiger partial charge in [0.2, 0.25) is 0 Å². The Morgan fingerprint density at radius 3 is 2.45 bits per heavy atom. The van der Waals surface area contributed by atoms with Crippen LogP contribution >= 0.6 is 0 Å². The number of aliphatic hydroxyl groups is 3. The van der Waals surface area contributed by atoms with Gasteiger partial charge in [-0.15, -0.1) is 6.58 Å². The number of nitrogens with one attached hydrogen (secondary N) is 1. The zero-order valence-corrected chi connectivity index (χ0v) is 24.0. The van der Waals surface area contributed by atoms with Crippen molar-refractivity contribution >= 4 is 11.9 Å². The number of rotatable bonds is 14. The number of benzene rings is 1. The Balaban J connectivity index is 2.05. The molecular formula is C29H45NO10. The number of allylic oxidation sites excluding steroid dienone is 1. The Kier molecular flexibility index (Phi) is 12.0. The first-order valence-electron chi connectivity index (χ1n) is 13.5. The molecule has 1 saturated heterocycles. The molecule has 1 heterocycles. The number of methoxy groups -OCH3 is 1. The maximum Gasteiger partial charge on any atom is 0.339 e. The smallest absolute Gasteiger partial charge is 0.339 e. The fourth-order valence-electron chi connectivity index (χ4n) is 5.03. The lowest BCUT2D eigenvalue weighted by molar-refractivity contribution is -0.214. The molecule has 0 radical (unpaired) electrons. The first-order valence-corrected chi connectivity index (χ1v) is 13.5. The highest BCUT2D eigenvalue weighted by molar-refractivity contribution is 5.93. The number of hydrogen-bond donors (Lipinski definition) is 7. The molecule has 0 aromatic heterocycles. The standard InChI is InChI=1S/C29H45NO10/c1-15(2)10-11-19(32)26(36)30-27(39-6)22-14-23(35)29(4,5)24(40-22)12-17(31)8-7-9-18-16(3)20(33)13-21(34)25(18)28(37)38/h13,17,19,22-24,27,31-35H,1,7-12,14H2,2-6H3,(H,30,36)(H,37,38)/t17-,19+,22+,23-,24-,27?/m1/s1. The molecule has 226 valence electrons. The van der Waals surface area contributed by atoms with Gasteiger partial charge in [0.1, 0.15) is 29.3 Å². The first-order chi connectivity index (χ1) is 18.6. The second kappa shape index (κ2) is 14.3. The molecule has 2 rings (SSSR count). The number of phenolic OH excluding ortho intramolecular Hbond substituents is 1. The Labute approximate surface area is 235 Å². The van der Waals surface area contributed by atoms with Gasteiger partial charge in [0.05, 0.1) is 18.3 Å². The molecule has 7 N–H and O–H groups in total. The fourth-order valence-corrected chi connectivity index (χ4v) is 5.03. The number of hydrogen-bond acceptors (Lipinski definition) is 9. The Hall–Kier alpha value is -2.70. The van der Waals surface area contributed by atoms with Crippen molar-refractivity contribution in [2.24, 2.45) is 5.41 Å². The molecule has 1 unspecified atom stereocenters. The molecule has 1 fully saturated rings. The number of ether oxygens (including phenoxy) is 2. The van der Waals surface area contributed by atoms with E-state index < -0.39 is 59.8 Å². The molecular weight excluding hydrogens is 522 g/mol. The van der Waals surface area contributed by atoms with Gasteiger partial charge in [-0.2, -0.15) is 0 Å². The summed E-state index contributed by atoms with van der Waals surface area (Å²) in [6, 6.07) is 1.000. The number of carbonyl (C=O) groups is 2. The maximum atomic E-state index is 12.5. The van der Waals surface area contributed by atoms with Crippen LogP contribution in [0.3, 0.4) is 0 Å². The van der Waals surface area contributed by atoms with Gasteiger partial charge in [-0.05, 0) is 57.1 Å². The summed E-state index contributed by atoms with van der Waals surface area (Å²) in [7, 11) is 1.39. The fraction of sp³-hybridized carbons (Fsp3) is 0.655. The average Bonchev–Trinajstić information content (AvgIpc) is 2.86. The van der Waals surface area contributed by atoms with Gasteiger partial charge in [-0.1, -0.05) is 19.4 Å². The SMILES string of the molecule is C=C(C)CC[C@H](O)C(=O)NC(OC)[C@@H]1C[C@@H](O)C(C)(C)[C@@H](C[C@H](O)CCCc2c(C)c(O)cc(O)c2C(=O)O)O1. The lowest BCUT2D eigenvalue weighted by atomic mass is 9.74. The van der Waals surface area contributed by atoms with E-state index in [1.165, 1.54) is 7.11 Å². The highest BCUT2D eigenvalue weighted by Crippen LogP contribution is 2.40. The molecule has 0 aliphatic carbocycles. The molecule has 1 aromatic carbocycles. The van der Waals surface area contributed by atoms with Gasteiger partial charge in [0.15, 0.2) is 6.23 Å². The molecule has 11 heteroatoms. The van der Waals surface area contributed by atoms with Crippen LogP contribution in [0.2, 0.25) is 0 Å². The molecule has 0 bridgehead atoms. The van der Waals surface area contributed by atoms with Crippen LogP contribution in [0.15, 0.2) is 18.2 Å². The van der Waals surface area contributed by atoms with E-state index in [-0.39, 0.29) is 43.4 Å². The van der Waals surface area contributed by atoms with Crippen LogP contribution in [0, 0.1) is 12.3 Å². The third-order valence-corrected chi connectivity index (χ3v) is 7.84.